The van der Waals surface area contributed by atoms with E-state index in [2.05, 4.69) is 5.32 Å². The van der Waals surface area contributed by atoms with Gasteiger partial charge >= 0.3 is 0 Å². The Labute approximate surface area is 112 Å². The fourth-order valence-corrected chi connectivity index (χ4v) is 5.77. The Morgan fingerprint density at radius 1 is 0.778 bits per heavy atom. The van der Waals surface area contributed by atoms with Crippen molar-refractivity contribution in [1.82, 2.24) is 5.32 Å². The van der Waals surface area contributed by atoms with Crippen LogP contribution in [0.1, 0.15) is 77.0 Å². The smallest absolute Gasteiger partial charge is 0.0101 e. The zero-order chi connectivity index (χ0) is 12.0. The van der Waals surface area contributed by atoms with Crippen LogP contribution in [-0.2, 0) is 0 Å². The van der Waals surface area contributed by atoms with Crippen molar-refractivity contribution in [2.24, 2.45) is 17.3 Å². The van der Waals surface area contributed by atoms with Crippen molar-refractivity contribution in [1.29, 1.82) is 0 Å². The van der Waals surface area contributed by atoms with E-state index in [1.165, 1.54) is 57.8 Å². The lowest BCUT2D eigenvalue weighted by Gasteiger charge is -2.39. The molecule has 1 spiro atoms. The van der Waals surface area contributed by atoms with Crippen LogP contribution >= 0.6 is 0 Å². The quantitative estimate of drug-likeness (QED) is 0.768. The summed E-state index contributed by atoms with van der Waals surface area (Å²) in [6.07, 6.45) is 18.3. The van der Waals surface area contributed by atoms with Crippen LogP contribution in [0.5, 0.6) is 0 Å². The average Bonchev–Trinajstić information content (AvgIpc) is 3.09. The van der Waals surface area contributed by atoms with Crippen LogP contribution in [0, 0.1) is 17.3 Å². The highest BCUT2D eigenvalue weighted by molar-refractivity contribution is 4.97. The molecule has 3 atom stereocenters. The Hall–Kier alpha value is -0.0400. The molecular weight excluding hydrogens is 218 g/mol. The monoisotopic (exact) mass is 247 g/mol. The van der Waals surface area contributed by atoms with Gasteiger partial charge in [0.2, 0.25) is 0 Å². The number of rotatable bonds is 2. The van der Waals surface area contributed by atoms with E-state index < -0.39 is 0 Å². The molecule has 102 valence electrons. The van der Waals surface area contributed by atoms with Gasteiger partial charge in [0.1, 0.15) is 0 Å². The first-order valence-corrected chi connectivity index (χ1v) is 8.59. The molecule has 0 heterocycles. The zero-order valence-electron chi connectivity index (χ0n) is 11.8. The van der Waals surface area contributed by atoms with Gasteiger partial charge in [0.25, 0.3) is 0 Å². The topological polar surface area (TPSA) is 12.0 Å². The van der Waals surface area contributed by atoms with E-state index in [1.807, 2.05) is 0 Å². The molecule has 0 aromatic heterocycles. The van der Waals surface area contributed by atoms with Crippen molar-refractivity contribution in [3.05, 3.63) is 0 Å². The van der Waals surface area contributed by atoms with Gasteiger partial charge in [-0.05, 0) is 75.0 Å². The Morgan fingerprint density at radius 3 is 2.17 bits per heavy atom. The first-order valence-electron chi connectivity index (χ1n) is 8.59. The van der Waals surface area contributed by atoms with Gasteiger partial charge in [0.15, 0.2) is 0 Å². The minimum absolute atomic E-state index is 0.812. The molecule has 0 aromatic carbocycles. The predicted octanol–water partition coefficient (Wildman–Crippen LogP) is 4.27. The highest BCUT2D eigenvalue weighted by Crippen LogP contribution is 2.50. The van der Waals surface area contributed by atoms with E-state index in [4.69, 9.17) is 0 Å². The van der Waals surface area contributed by atoms with E-state index in [-0.39, 0.29) is 0 Å². The second-order valence-electron chi connectivity index (χ2n) is 7.93. The maximum Gasteiger partial charge on any atom is 0.0101 e. The summed E-state index contributed by atoms with van der Waals surface area (Å²) < 4.78 is 0. The highest BCUT2D eigenvalue weighted by Gasteiger charge is 2.42. The molecule has 18 heavy (non-hydrogen) atoms. The van der Waals surface area contributed by atoms with E-state index >= 15 is 0 Å². The number of fused-ring (bicyclic) bond motifs is 2. The van der Waals surface area contributed by atoms with Crippen LogP contribution in [0.4, 0.5) is 0 Å². The molecule has 1 N–H and O–H groups in total. The summed E-state index contributed by atoms with van der Waals surface area (Å²) in [7, 11) is 0. The molecule has 4 rings (SSSR count). The number of hydrogen-bond acceptors (Lipinski definition) is 1. The van der Waals surface area contributed by atoms with Crippen molar-refractivity contribution in [3.63, 3.8) is 0 Å². The standard InChI is InChI=1S/C17H29N/c1-2-8-17(7-1)9-5-15(6-10-17)18-16-12-13-3-4-14(16)11-13/h13-16,18H,1-12H2. The first kappa shape index (κ1) is 11.8. The molecule has 0 radical (unpaired) electrons. The van der Waals surface area contributed by atoms with Crippen molar-refractivity contribution in [2.45, 2.75) is 89.1 Å². The molecular formula is C17H29N. The Bertz CT molecular complexity index is 295. The third-order valence-corrected chi connectivity index (χ3v) is 6.90. The van der Waals surface area contributed by atoms with E-state index in [0.29, 0.717) is 0 Å². The second kappa shape index (κ2) is 4.51. The van der Waals surface area contributed by atoms with Crippen LogP contribution in [0.15, 0.2) is 0 Å². The molecule has 0 saturated heterocycles. The summed E-state index contributed by atoms with van der Waals surface area (Å²) in [5.41, 5.74) is 0.812. The molecule has 4 aliphatic carbocycles. The third-order valence-electron chi connectivity index (χ3n) is 6.90. The molecule has 3 unspecified atom stereocenters. The van der Waals surface area contributed by atoms with E-state index in [1.54, 1.807) is 19.3 Å². The lowest BCUT2D eigenvalue weighted by Crippen LogP contribution is -2.44. The molecule has 4 fully saturated rings. The van der Waals surface area contributed by atoms with Gasteiger partial charge in [-0.15, -0.1) is 0 Å². The van der Waals surface area contributed by atoms with Gasteiger partial charge in [-0.1, -0.05) is 19.3 Å². The maximum absolute atomic E-state index is 4.06. The van der Waals surface area contributed by atoms with Gasteiger partial charge < -0.3 is 5.32 Å². The first-order chi connectivity index (χ1) is 8.83. The summed E-state index contributed by atoms with van der Waals surface area (Å²) >= 11 is 0. The summed E-state index contributed by atoms with van der Waals surface area (Å²) in [5.74, 6) is 2.15. The van der Waals surface area contributed by atoms with Crippen molar-refractivity contribution in [2.75, 3.05) is 0 Å². The largest absolute Gasteiger partial charge is 0.311 e. The lowest BCUT2D eigenvalue weighted by atomic mass is 9.71. The summed E-state index contributed by atoms with van der Waals surface area (Å²) in [6.45, 7) is 0. The van der Waals surface area contributed by atoms with Gasteiger partial charge in [-0.2, -0.15) is 0 Å². The molecule has 1 heteroatoms. The second-order valence-corrected chi connectivity index (χ2v) is 7.93. The predicted molar refractivity (Wildman–Crippen MR) is 75.5 cm³/mol. The number of nitrogens with one attached hydrogen (secondary N) is 1. The van der Waals surface area contributed by atoms with E-state index in [9.17, 15) is 0 Å². The summed E-state index contributed by atoms with van der Waals surface area (Å²) in [6, 6.07) is 1.78. The van der Waals surface area contributed by atoms with Crippen molar-refractivity contribution >= 4 is 0 Å². The minimum Gasteiger partial charge on any atom is -0.311 e. The molecule has 1 nitrogen and oxygen atoms in total. The molecule has 4 saturated carbocycles. The minimum atomic E-state index is 0.812. The van der Waals surface area contributed by atoms with Crippen molar-refractivity contribution in [3.8, 4) is 0 Å². The highest BCUT2D eigenvalue weighted by atomic mass is 15.0. The SMILES string of the molecule is C1CCC2(C1)CCC(NC1CC3CCC1C3)CC2. The molecule has 0 aromatic rings. The average molecular weight is 247 g/mol. The van der Waals surface area contributed by atoms with Crippen LogP contribution in [0.3, 0.4) is 0 Å². The van der Waals surface area contributed by atoms with Gasteiger partial charge in [-0.25, -0.2) is 0 Å². The zero-order valence-corrected chi connectivity index (χ0v) is 11.8. The summed E-state index contributed by atoms with van der Waals surface area (Å²) in [4.78, 5) is 0. The normalized spacial score (nSPS) is 43.0. The van der Waals surface area contributed by atoms with Crippen LogP contribution in [0.25, 0.3) is 0 Å². The fraction of sp³-hybridized carbons (Fsp3) is 1.00. The molecule has 0 amide bonds. The lowest BCUT2D eigenvalue weighted by molar-refractivity contribution is 0.155. The van der Waals surface area contributed by atoms with E-state index in [0.717, 1.165) is 29.3 Å². The molecule has 0 aliphatic heterocycles. The van der Waals surface area contributed by atoms with Gasteiger partial charge in [0, 0.05) is 12.1 Å². The summed E-state index contributed by atoms with van der Waals surface area (Å²) in [5, 5.41) is 4.06. The Kier molecular flexibility index (Phi) is 2.94. The van der Waals surface area contributed by atoms with Gasteiger partial charge in [-0.3, -0.25) is 0 Å². The van der Waals surface area contributed by atoms with Gasteiger partial charge in [0.05, 0.1) is 0 Å². The fourth-order valence-electron chi connectivity index (χ4n) is 5.77. The van der Waals surface area contributed by atoms with Crippen LogP contribution in [0.2, 0.25) is 0 Å². The molecule has 4 aliphatic rings. The van der Waals surface area contributed by atoms with Crippen LogP contribution < -0.4 is 5.32 Å². The molecule has 2 bridgehead atoms. The van der Waals surface area contributed by atoms with Crippen molar-refractivity contribution < 1.29 is 0 Å². The Morgan fingerprint density at radius 2 is 1.56 bits per heavy atom. The van der Waals surface area contributed by atoms with Crippen LogP contribution in [-0.4, -0.2) is 12.1 Å². The third kappa shape index (κ3) is 2.03. The number of hydrogen-bond donors (Lipinski definition) is 1. The Balaban J connectivity index is 1.30. The maximum atomic E-state index is 4.06.